The molecule has 0 bridgehead atoms. The van der Waals surface area contributed by atoms with Crippen LogP contribution in [0.4, 0.5) is 0 Å². The van der Waals surface area contributed by atoms with E-state index in [0.29, 0.717) is 27.2 Å². The fourth-order valence-corrected chi connectivity index (χ4v) is 3.69. The number of rotatable bonds is 5. The van der Waals surface area contributed by atoms with E-state index in [1.807, 2.05) is 49.8 Å². The van der Waals surface area contributed by atoms with Gasteiger partial charge in [-0.3, -0.25) is 14.5 Å². The second-order valence-electron chi connectivity index (χ2n) is 7.18. The van der Waals surface area contributed by atoms with Gasteiger partial charge in [-0.05, 0) is 57.2 Å². The first-order chi connectivity index (χ1) is 14.5. The lowest BCUT2D eigenvalue weighted by Gasteiger charge is -2.15. The number of hydrogen-bond donors (Lipinski definition) is 1. The van der Waals surface area contributed by atoms with Crippen LogP contribution in [0.25, 0.3) is 22.2 Å². The molecule has 152 valence electrons. The lowest BCUT2D eigenvalue weighted by molar-refractivity contribution is 0.0941. The minimum atomic E-state index is -0.193. The van der Waals surface area contributed by atoms with Crippen LogP contribution in [0, 0.1) is 6.92 Å². The third kappa shape index (κ3) is 3.91. The van der Waals surface area contributed by atoms with Gasteiger partial charge in [0.05, 0.1) is 28.5 Å². The summed E-state index contributed by atoms with van der Waals surface area (Å²) in [5.74, 6) is -0.189. The molecule has 1 atom stereocenters. The molecule has 0 aliphatic heterocycles. The number of pyridine rings is 2. The van der Waals surface area contributed by atoms with Crippen molar-refractivity contribution >= 4 is 28.4 Å². The van der Waals surface area contributed by atoms with E-state index in [1.54, 1.807) is 30.6 Å². The van der Waals surface area contributed by atoms with E-state index in [9.17, 15) is 4.79 Å². The lowest BCUT2D eigenvalue weighted by atomic mass is 10.0. The number of fused-ring (bicyclic) bond motifs is 1. The molecule has 1 aromatic carbocycles. The van der Waals surface area contributed by atoms with Gasteiger partial charge in [-0.25, -0.2) is 4.98 Å². The molecule has 0 aliphatic carbocycles. The summed E-state index contributed by atoms with van der Waals surface area (Å²) in [5.41, 5.74) is 4.65. The number of carbonyl (C=O) groups is 1. The molecular weight excluding hydrogens is 398 g/mol. The van der Waals surface area contributed by atoms with Crippen molar-refractivity contribution in [3.05, 3.63) is 76.8 Å². The van der Waals surface area contributed by atoms with Gasteiger partial charge in [0.25, 0.3) is 5.91 Å². The predicted octanol–water partition coefficient (Wildman–Crippen LogP) is 4.97. The van der Waals surface area contributed by atoms with E-state index in [1.165, 1.54) is 0 Å². The van der Waals surface area contributed by atoms with Crippen LogP contribution in [0.5, 0.6) is 0 Å². The molecule has 6 nitrogen and oxygen atoms in total. The molecular formula is C23H22ClN5O. The standard InChI is InChI=1S/C23H22ClN5O/c1-4-29-13-20(15(3)28-29)14(2)26-23(30)19-11-22(16-6-5-9-25-12-16)27-21-8-7-17(24)10-18(19)21/h5-14H,4H2,1-3H3,(H,26,30). The zero-order valence-corrected chi connectivity index (χ0v) is 17.8. The Hall–Kier alpha value is -3.25. The number of aryl methyl sites for hydroxylation is 2. The number of halogens is 1. The summed E-state index contributed by atoms with van der Waals surface area (Å²) in [7, 11) is 0. The molecule has 30 heavy (non-hydrogen) atoms. The van der Waals surface area contributed by atoms with Crippen molar-refractivity contribution in [2.45, 2.75) is 33.4 Å². The average molecular weight is 420 g/mol. The Labute approximate surface area is 179 Å². The quantitative estimate of drug-likeness (QED) is 0.496. The normalized spacial score (nSPS) is 12.1. The van der Waals surface area contributed by atoms with E-state index in [2.05, 4.69) is 15.4 Å². The van der Waals surface area contributed by atoms with Crippen LogP contribution in [0.1, 0.15) is 41.5 Å². The maximum absolute atomic E-state index is 13.3. The SMILES string of the molecule is CCn1cc(C(C)NC(=O)c2cc(-c3cccnc3)nc3ccc(Cl)cc23)c(C)n1. The number of aromatic nitrogens is 4. The van der Waals surface area contributed by atoms with E-state index < -0.39 is 0 Å². The molecule has 4 rings (SSSR count). The Bertz CT molecular complexity index is 1220. The maximum atomic E-state index is 13.3. The minimum Gasteiger partial charge on any atom is -0.345 e. The molecule has 1 N–H and O–H groups in total. The maximum Gasteiger partial charge on any atom is 0.252 e. The summed E-state index contributed by atoms with van der Waals surface area (Å²) < 4.78 is 1.87. The van der Waals surface area contributed by atoms with Crippen LogP contribution in [0.3, 0.4) is 0 Å². The summed E-state index contributed by atoms with van der Waals surface area (Å²) in [6.07, 6.45) is 5.41. The summed E-state index contributed by atoms with van der Waals surface area (Å²) in [6.45, 7) is 6.72. The van der Waals surface area contributed by atoms with E-state index in [4.69, 9.17) is 16.6 Å². The monoisotopic (exact) mass is 419 g/mol. The second kappa shape index (κ2) is 8.24. The number of hydrogen-bond acceptors (Lipinski definition) is 4. The number of nitrogens with one attached hydrogen (secondary N) is 1. The molecule has 0 aliphatic rings. The first-order valence-corrected chi connectivity index (χ1v) is 10.2. The van der Waals surface area contributed by atoms with E-state index in [-0.39, 0.29) is 11.9 Å². The highest BCUT2D eigenvalue weighted by atomic mass is 35.5. The number of carbonyl (C=O) groups excluding carboxylic acids is 1. The fraction of sp³-hybridized carbons (Fsp3) is 0.217. The molecule has 1 amide bonds. The molecule has 1 unspecified atom stereocenters. The van der Waals surface area contributed by atoms with E-state index in [0.717, 1.165) is 23.4 Å². The van der Waals surface area contributed by atoms with Gasteiger partial charge in [0, 0.05) is 46.7 Å². The van der Waals surface area contributed by atoms with Crippen LogP contribution in [0.2, 0.25) is 5.02 Å². The van der Waals surface area contributed by atoms with Crippen molar-refractivity contribution in [1.29, 1.82) is 0 Å². The number of nitrogens with zero attached hydrogens (tertiary/aromatic N) is 4. The van der Waals surface area contributed by atoms with Gasteiger partial charge in [0.2, 0.25) is 0 Å². The smallest absolute Gasteiger partial charge is 0.252 e. The van der Waals surface area contributed by atoms with Crippen LogP contribution in [-0.4, -0.2) is 25.7 Å². The average Bonchev–Trinajstić information content (AvgIpc) is 3.14. The fourth-order valence-electron chi connectivity index (χ4n) is 3.52. The number of benzene rings is 1. The molecule has 7 heteroatoms. The zero-order chi connectivity index (χ0) is 21.3. The van der Waals surface area contributed by atoms with Crippen LogP contribution >= 0.6 is 11.6 Å². The number of amides is 1. The Morgan fingerprint density at radius 1 is 1.27 bits per heavy atom. The molecule has 0 radical (unpaired) electrons. The van der Waals surface area contributed by atoms with Crippen molar-refractivity contribution in [3.63, 3.8) is 0 Å². The van der Waals surface area contributed by atoms with Gasteiger partial charge in [0.15, 0.2) is 0 Å². The Morgan fingerprint density at radius 3 is 2.80 bits per heavy atom. The highest BCUT2D eigenvalue weighted by molar-refractivity contribution is 6.31. The molecule has 0 fully saturated rings. The van der Waals surface area contributed by atoms with Gasteiger partial charge in [-0.1, -0.05) is 11.6 Å². The first kappa shape index (κ1) is 20.0. The van der Waals surface area contributed by atoms with Crippen LogP contribution < -0.4 is 5.32 Å². The molecule has 0 saturated carbocycles. The van der Waals surface area contributed by atoms with Gasteiger partial charge < -0.3 is 5.32 Å². The zero-order valence-electron chi connectivity index (χ0n) is 17.1. The lowest BCUT2D eigenvalue weighted by Crippen LogP contribution is -2.27. The van der Waals surface area contributed by atoms with Crippen molar-refractivity contribution in [2.24, 2.45) is 0 Å². The summed E-state index contributed by atoms with van der Waals surface area (Å²) in [6, 6.07) is 10.7. The Morgan fingerprint density at radius 2 is 2.10 bits per heavy atom. The summed E-state index contributed by atoms with van der Waals surface area (Å²) in [4.78, 5) is 22.2. The third-order valence-electron chi connectivity index (χ3n) is 5.10. The van der Waals surface area contributed by atoms with Crippen molar-refractivity contribution in [3.8, 4) is 11.3 Å². The van der Waals surface area contributed by atoms with Crippen LogP contribution in [-0.2, 0) is 6.54 Å². The van der Waals surface area contributed by atoms with Gasteiger partial charge in [-0.2, -0.15) is 5.10 Å². The molecule has 0 spiro atoms. The highest BCUT2D eigenvalue weighted by Crippen LogP contribution is 2.27. The molecule has 3 aromatic heterocycles. The first-order valence-electron chi connectivity index (χ1n) is 9.81. The molecule has 0 saturated heterocycles. The molecule has 3 heterocycles. The Balaban J connectivity index is 1.75. The van der Waals surface area contributed by atoms with Crippen molar-refractivity contribution in [2.75, 3.05) is 0 Å². The second-order valence-corrected chi connectivity index (χ2v) is 7.62. The van der Waals surface area contributed by atoms with Gasteiger partial charge >= 0.3 is 0 Å². The Kier molecular flexibility index (Phi) is 5.50. The summed E-state index contributed by atoms with van der Waals surface area (Å²) >= 11 is 6.21. The highest BCUT2D eigenvalue weighted by Gasteiger charge is 2.19. The third-order valence-corrected chi connectivity index (χ3v) is 5.33. The summed E-state index contributed by atoms with van der Waals surface area (Å²) in [5, 5.41) is 8.84. The van der Waals surface area contributed by atoms with E-state index >= 15 is 0 Å². The van der Waals surface area contributed by atoms with Crippen LogP contribution in [0.15, 0.2) is 55.0 Å². The van der Waals surface area contributed by atoms with Crippen molar-refractivity contribution in [1.82, 2.24) is 25.1 Å². The minimum absolute atomic E-state index is 0.189. The predicted molar refractivity (Wildman–Crippen MR) is 119 cm³/mol. The van der Waals surface area contributed by atoms with Gasteiger partial charge in [0.1, 0.15) is 0 Å². The van der Waals surface area contributed by atoms with Gasteiger partial charge in [-0.15, -0.1) is 0 Å². The largest absolute Gasteiger partial charge is 0.345 e. The molecule has 4 aromatic rings. The topological polar surface area (TPSA) is 72.7 Å². The van der Waals surface area contributed by atoms with Crippen molar-refractivity contribution < 1.29 is 4.79 Å².